The molecule has 3 heteroatoms. The van der Waals surface area contributed by atoms with Crippen LogP contribution in [-0.2, 0) is 9.47 Å². The lowest BCUT2D eigenvalue weighted by Crippen LogP contribution is -2.30. The molecule has 0 aromatic carbocycles. The molecule has 1 aliphatic heterocycles. The van der Waals surface area contributed by atoms with Gasteiger partial charge in [-0.2, -0.15) is 0 Å². The highest BCUT2D eigenvalue weighted by Crippen LogP contribution is 2.14. The molecule has 2 atom stereocenters. The molecule has 0 aromatic rings. The number of hydrogen-bond acceptors (Lipinski definition) is 3. The molecule has 2 unspecified atom stereocenters. The molecule has 1 rings (SSSR count). The van der Waals surface area contributed by atoms with E-state index in [1.165, 1.54) is 141 Å². The van der Waals surface area contributed by atoms with Gasteiger partial charge in [0.1, 0.15) is 0 Å². The lowest BCUT2D eigenvalue weighted by atomic mass is 10.1. The van der Waals surface area contributed by atoms with Crippen LogP contribution in [0.2, 0.25) is 0 Å². The second kappa shape index (κ2) is 33.7. The number of rotatable bonds is 32. The largest absolute Gasteiger partial charge is 0.374 e. The molecule has 0 bridgehead atoms. The average Bonchev–Trinajstić information content (AvgIpc) is 3.47. The van der Waals surface area contributed by atoms with Crippen molar-refractivity contribution in [2.45, 2.75) is 180 Å². The number of nitrogens with one attached hydrogen (secondary N) is 1. The van der Waals surface area contributed by atoms with Crippen LogP contribution in [0.1, 0.15) is 168 Å². The number of unbranched alkanes of at least 4 members (excludes halogenated alkanes) is 18. The Morgan fingerprint density at radius 1 is 0.419 bits per heavy atom. The molecule has 250 valence electrons. The molecule has 1 heterocycles. The molecule has 3 nitrogen and oxygen atoms in total. The minimum Gasteiger partial charge on any atom is -0.374 e. The van der Waals surface area contributed by atoms with Gasteiger partial charge in [-0.3, -0.25) is 0 Å². The van der Waals surface area contributed by atoms with Crippen LogP contribution in [0.15, 0.2) is 48.6 Å². The van der Waals surface area contributed by atoms with Gasteiger partial charge in [0, 0.05) is 26.3 Å². The molecule has 0 aliphatic carbocycles. The molecule has 1 saturated heterocycles. The summed E-state index contributed by atoms with van der Waals surface area (Å²) in [7, 11) is 0. The maximum Gasteiger partial charge on any atom is 0.0973 e. The molecule has 1 fully saturated rings. The van der Waals surface area contributed by atoms with Crippen molar-refractivity contribution in [2.24, 2.45) is 0 Å². The molecule has 0 radical (unpaired) electrons. The van der Waals surface area contributed by atoms with Gasteiger partial charge in [0.05, 0.1) is 12.2 Å². The summed E-state index contributed by atoms with van der Waals surface area (Å²) in [6.07, 6.45) is 50.1. The van der Waals surface area contributed by atoms with Crippen LogP contribution in [-0.4, -0.2) is 38.5 Å². The molecular weight excluding hydrogens is 526 g/mol. The van der Waals surface area contributed by atoms with Gasteiger partial charge in [-0.25, -0.2) is 0 Å². The van der Waals surface area contributed by atoms with Crippen molar-refractivity contribution in [2.75, 3.05) is 26.3 Å². The van der Waals surface area contributed by atoms with Gasteiger partial charge in [-0.1, -0.05) is 140 Å². The van der Waals surface area contributed by atoms with Gasteiger partial charge in [0.2, 0.25) is 0 Å². The average molecular weight is 600 g/mol. The second-order valence-electron chi connectivity index (χ2n) is 12.6. The van der Waals surface area contributed by atoms with Crippen LogP contribution < -0.4 is 5.32 Å². The van der Waals surface area contributed by atoms with Gasteiger partial charge in [-0.05, 0) is 77.0 Å². The van der Waals surface area contributed by atoms with Crippen molar-refractivity contribution in [1.29, 1.82) is 0 Å². The van der Waals surface area contributed by atoms with Crippen LogP contribution in [0.4, 0.5) is 0 Å². The van der Waals surface area contributed by atoms with E-state index in [4.69, 9.17) is 9.47 Å². The third-order valence-electron chi connectivity index (χ3n) is 8.46. The van der Waals surface area contributed by atoms with E-state index in [0.717, 1.165) is 39.1 Å². The highest BCUT2D eigenvalue weighted by Gasteiger charge is 2.28. The minimum absolute atomic E-state index is 0.238. The maximum atomic E-state index is 6.21. The topological polar surface area (TPSA) is 30.5 Å². The Morgan fingerprint density at radius 2 is 0.744 bits per heavy atom. The first-order chi connectivity index (χ1) is 21.4. The molecule has 0 amide bonds. The Labute approximate surface area is 269 Å². The quantitative estimate of drug-likeness (QED) is 0.0616. The van der Waals surface area contributed by atoms with Gasteiger partial charge in [-0.15, -0.1) is 0 Å². The Hall–Kier alpha value is -1.16. The standard InChI is InChI=1S/C40H73NO2/c1-3-5-7-9-11-13-15-17-19-21-23-25-27-29-31-33-35-42-39-37-41-38-40(39)43-36-34-32-30-28-26-24-22-20-18-16-14-12-10-8-6-4-2/h11-14,17-20,39-41H,3-10,15-16,21-38H2,1-2H3. The summed E-state index contributed by atoms with van der Waals surface area (Å²) in [5.74, 6) is 0. The van der Waals surface area contributed by atoms with Crippen LogP contribution in [0.5, 0.6) is 0 Å². The number of allylic oxidation sites excluding steroid dienone is 8. The predicted molar refractivity (Wildman–Crippen MR) is 191 cm³/mol. The number of ether oxygens (including phenoxy) is 2. The Bertz CT molecular complexity index is 611. The van der Waals surface area contributed by atoms with Crippen LogP contribution in [0.25, 0.3) is 0 Å². The van der Waals surface area contributed by atoms with Crippen molar-refractivity contribution in [3.8, 4) is 0 Å². The summed E-state index contributed by atoms with van der Waals surface area (Å²) in [4.78, 5) is 0. The first kappa shape index (κ1) is 39.9. The van der Waals surface area contributed by atoms with Crippen LogP contribution in [0, 0.1) is 0 Å². The first-order valence-corrected chi connectivity index (χ1v) is 18.9. The Morgan fingerprint density at radius 3 is 1.12 bits per heavy atom. The van der Waals surface area contributed by atoms with E-state index in [0.29, 0.717) is 0 Å². The summed E-state index contributed by atoms with van der Waals surface area (Å²) in [6, 6.07) is 0. The van der Waals surface area contributed by atoms with Crippen molar-refractivity contribution in [3.63, 3.8) is 0 Å². The van der Waals surface area contributed by atoms with E-state index in [-0.39, 0.29) is 12.2 Å². The van der Waals surface area contributed by atoms with E-state index in [2.05, 4.69) is 67.8 Å². The molecule has 0 spiro atoms. The number of hydrogen-bond donors (Lipinski definition) is 1. The summed E-state index contributed by atoms with van der Waals surface area (Å²) in [5, 5.41) is 3.47. The highest BCUT2D eigenvalue weighted by atomic mass is 16.5. The van der Waals surface area contributed by atoms with Crippen molar-refractivity contribution in [3.05, 3.63) is 48.6 Å². The zero-order valence-electron chi connectivity index (χ0n) is 28.9. The summed E-state index contributed by atoms with van der Waals surface area (Å²) < 4.78 is 12.4. The van der Waals surface area contributed by atoms with E-state index < -0.39 is 0 Å². The third kappa shape index (κ3) is 28.1. The summed E-state index contributed by atoms with van der Waals surface area (Å²) in [5.41, 5.74) is 0. The lowest BCUT2D eigenvalue weighted by Gasteiger charge is -2.20. The lowest BCUT2D eigenvalue weighted by molar-refractivity contribution is -0.0481. The third-order valence-corrected chi connectivity index (χ3v) is 8.46. The maximum absolute atomic E-state index is 6.21. The van der Waals surface area contributed by atoms with Gasteiger partial charge >= 0.3 is 0 Å². The SMILES string of the molecule is CCCCCC=CCC=CCCCCCCCCOC1CNCC1OCCCCCCCCC=CCC=CCCCCC. The molecule has 1 aliphatic rings. The smallest absolute Gasteiger partial charge is 0.0973 e. The molecule has 0 saturated carbocycles. The van der Waals surface area contributed by atoms with Gasteiger partial charge in [0.25, 0.3) is 0 Å². The highest BCUT2D eigenvalue weighted by molar-refractivity contribution is 4.93. The second-order valence-corrected chi connectivity index (χ2v) is 12.6. The van der Waals surface area contributed by atoms with Crippen molar-refractivity contribution >= 4 is 0 Å². The van der Waals surface area contributed by atoms with Gasteiger partial charge < -0.3 is 14.8 Å². The molecular formula is C40H73NO2. The summed E-state index contributed by atoms with van der Waals surface area (Å²) in [6.45, 7) is 8.17. The molecule has 0 aromatic heterocycles. The van der Waals surface area contributed by atoms with Crippen molar-refractivity contribution < 1.29 is 9.47 Å². The van der Waals surface area contributed by atoms with E-state index in [1.807, 2.05) is 0 Å². The fraction of sp³-hybridized carbons (Fsp3) is 0.800. The fourth-order valence-electron chi connectivity index (χ4n) is 5.61. The molecule has 43 heavy (non-hydrogen) atoms. The first-order valence-electron chi connectivity index (χ1n) is 18.9. The van der Waals surface area contributed by atoms with Crippen LogP contribution in [0.3, 0.4) is 0 Å². The normalized spacial score (nSPS) is 17.6. The Balaban J connectivity index is 1.85. The minimum atomic E-state index is 0.238. The van der Waals surface area contributed by atoms with E-state index in [1.54, 1.807) is 0 Å². The van der Waals surface area contributed by atoms with E-state index in [9.17, 15) is 0 Å². The zero-order chi connectivity index (χ0) is 30.7. The Kier molecular flexibility index (Phi) is 31.3. The predicted octanol–water partition coefficient (Wildman–Crippen LogP) is 12.0. The summed E-state index contributed by atoms with van der Waals surface area (Å²) >= 11 is 0. The van der Waals surface area contributed by atoms with E-state index >= 15 is 0 Å². The van der Waals surface area contributed by atoms with Crippen molar-refractivity contribution in [1.82, 2.24) is 5.32 Å². The zero-order valence-corrected chi connectivity index (χ0v) is 28.9. The monoisotopic (exact) mass is 600 g/mol. The van der Waals surface area contributed by atoms with Gasteiger partial charge in [0.15, 0.2) is 0 Å². The van der Waals surface area contributed by atoms with Crippen LogP contribution >= 0.6 is 0 Å². The fourth-order valence-corrected chi connectivity index (χ4v) is 5.61. The molecule has 1 N–H and O–H groups in total.